The first kappa shape index (κ1) is 33.0. The molecule has 0 aromatic carbocycles. The number of nitrogens with one attached hydrogen (secondary N) is 3. The zero-order valence-electron chi connectivity index (χ0n) is 16.6. The molecule has 15 N–H and O–H groups in total. The van der Waals surface area contributed by atoms with Gasteiger partial charge in [-0.2, -0.15) is 0 Å². The van der Waals surface area contributed by atoms with E-state index in [1.54, 1.807) is 7.05 Å². The Bertz CT molecular complexity index is 568. The Kier molecular flexibility index (Phi) is 26.3. The molecule has 0 rings (SSSR count). The molecular weight excluding hydrogens is 443 g/mol. The van der Waals surface area contributed by atoms with Gasteiger partial charge in [0.2, 0.25) is 0 Å². The molecule has 0 fully saturated rings. The zero-order chi connectivity index (χ0) is 21.8. The minimum absolute atomic E-state index is 0. The van der Waals surface area contributed by atoms with Crippen molar-refractivity contribution in [3.63, 3.8) is 0 Å². The average molecular weight is 474 g/mol. The van der Waals surface area contributed by atoms with Crippen LogP contribution in [0.3, 0.4) is 0 Å². The number of guanidine groups is 6. The summed E-state index contributed by atoms with van der Waals surface area (Å²) in [6, 6.07) is 0. The van der Waals surface area contributed by atoms with Crippen LogP contribution in [-0.2, 0) is 32.7 Å². The fraction of sp³-hybridized carbons (Fsp3) is 0.500. The number of nitrogens with zero attached hydrogens (tertiary/aromatic N) is 6. The van der Waals surface area contributed by atoms with Crippen LogP contribution in [0.15, 0.2) is 30.0 Å². The third-order valence-corrected chi connectivity index (χ3v) is 1.84. The summed E-state index contributed by atoms with van der Waals surface area (Å²) in [6.45, 7) is 4.90. The van der Waals surface area contributed by atoms with Crippen molar-refractivity contribution in [1.29, 1.82) is 0 Å². The van der Waals surface area contributed by atoms with Crippen molar-refractivity contribution >= 4 is 35.8 Å². The molecule has 28 heavy (non-hydrogen) atoms. The van der Waals surface area contributed by atoms with Gasteiger partial charge in [0.05, 0.1) is 0 Å². The average Bonchev–Trinajstić information content (AvgIpc) is 2.54. The smallest absolute Gasteiger partial charge is 0.195 e. The van der Waals surface area contributed by atoms with E-state index in [2.05, 4.69) is 35.3 Å². The quantitative estimate of drug-likeness (QED) is 0.171. The molecule has 0 bridgehead atoms. The van der Waals surface area contributed by atoms with Gasteiger partial charge in [0.25, 0.3) is 0 Å². The molecule has 0 aromatic rings. The number of rotatable bonds is 2. The molecule has 0 aliphatic carbocycles. The maximum atomic E-state index is 6.65. The van der Waals surface area contributed by atoms with Crippen molar-refractivity contribution in [3.8, 4) is 0 Å². The van der Waals surface area contributed by atoms with Crippen LogP contribution in [0.2, 0.25) is 0 Å². The molecule has 0 aliphatic rings. The van der Waals surface area contributed by atoms with E-state index in [-0.39, 0.29) is 62.5 Å². The van der Waals surface area contributed by atoms with E-state index in [1.165, 1.54) is 7.05 Å². The van der Waals surface area contributed by atoms with Crippen molar-refractivity contribution in [2.75, 3.05) is 27.2 Å². The van der Waals surface area contributed by atoms with E-state index in [1.807, 2.05) is 13.8 Å². The Morgan fingerprint density at radius 1 is 0.714 bits per heavy atom. The van der Waals surface area contributed by atoms with Gasteiger partial charge in [0, 0.05) is 71.8 Å². The van der Waals surface area contributed by atoms with Crippen LogP contribution in [0.4, 0.5) is 0 Å². The normalized spacial score (nSPS) is 13.3. The molecule has 15 nitrogen and oxygen atoms in total. The van der Waals surface area contributed by atoms with E-state index >= 15 is 0 Å². The monoisotopic (exact) mass is 474 g/mol. The largest absolute Gasteiger partial charge is 0.454 e. The Labute approximate surface area is 190 Å². The van der Waals surface area contributed by atoms with E-state index in [0.29, 0.717) is 19.0 Å². The molecule has 16 heteroatoms. The van der Waals surface area contributed by atoms with Gasteiger partial charge in [-0.3, -0.25) is 25.3 Å². The first-order valence-electron chi connectivity index (χ1n) is 7.46. The minimum atomic E-state index is -0.326. The standard InChI is InChI=1S/C5H13N5.C4H10N5.C3H8N5.Y/c1-3-9-5(7)10-4(6)8-2;1-2-8-4(7)9-3(5)6;1-7-3(6)8-2(4)5;/h3H2,1-2H3,(H5,6,7,8,9,10);2H2,1H3,(H5-,5,6,7,8,9);1H3,(H5-,4,5,6,7,8);/q;2*-1;. The van der Waals surface area contributed by atoms with Crippen LogP contribution in [0, 0.1) is 0 Å². The summed E-state index contributed by atoms with van der Waals surface area (Å²) >= 11 is 0. The number of hydrogen-bond acceptors (Lipinski definition) is 4. The van der Waals surface area contributed by atoms with Crippen LogP contribution in [0.5, 0.6) is 0 Å². The summed E-state index contributed by atoms with van der Waals surface area (Å²) in [6.07, 6.45) is 0. The number of nitrogens with two attached hydrogens (primary N) is 6. The first-order valence-corrected chi connectivity index (χ1v) is 7.46. The summed E-state index contributed by atoms with van der Waals surface area (Å²) in [4.78, 5) is 21.2. The fourth-order valence-electron chi connectivity index (χ4n) is 0.891. The first-order chi connectivity index (χ1) is 12.5. The molecule has 0 amide bonds. The van der Waals surface area contributed by atoms with Crippen LogP contribution < -0.4 is 39.7 Å². The van der Waals surface area contributed by atoms with Gasteiger partial charge in [-0.1, -0.05) is 0 Å². The van der Waals surface area contributed by atoms with E-state index < -0.39 is 0 Å². The molecular formula is C12H31N15Y-2. The molecule has 0 spiro atoms. The second-order valence-electron chi connectivity index (χ2n) is 4.00. The van der Waals surface area contributed by atoms with Gasteiger partial charge in [0.1, 0.15) is 11.9 Å². The Hall–Kier alpha value is -2.68. The predicted octanol–water partition coefficient (Wildman–Crippen LogP) is -2.16. The van der Waals surface area contributed by atoms with Crippen molar-refractivity contribution < 1.29 is 32.7 Å². The molecule has 0 heterocycles. The third-order valence-electron chi connectivity index (χ3n) is 1.84. The second-order valence-corrected chi connectivity index (χ2v) is 4.00. The van der Waals surface area contributed by atoms with Crippen LogP contribution >= 0.6 is 0 Å². The topological polar surface area (TPSA) is 290 Å². The summed E-state index contributed by atoms with van der Waals surface area (Å²) in [5.74, 6) is 0.0144. The van der Waals surface area contributed by atoms with Gasteiger partial charge >= 0.3 is 0 Å². The van der Waals surface area contributed by atoms with Crippen LogP contribution in [0.1, 0.15) is 13.8 Å². The van der Waals surface area contributed by atoms with E-state index in [0.717, 1.165) is 0 Å². The van der Waals surface area contributed by atoms with Crippen LogP contribution in [-0.4, -0.2) is 62.9 Å². The summed E-state index contributed by atoms with van der Waals surface area (Å²) in [5, 5.41) is 2.59. The molecule has 0 aromatic heterocycles. The van der Waals surface area contributed by atoms with E-state index in [4.69, 9.17) is 45.9 Å². The molecule has 0 unspecified atom stereocenters. The third kappa shape index (κ3) is 31.1. The van der Waals surface area contributed by atoms with Crippen molar-refractivity contribution in [3.05, 3.63) is 11.5 Å². The maximum Gasteiger partial charge on any atom is 0.195 e. The van der Waals surface area contributed by atoms with Gasteiger partial charge in [-0.15, -0.1) is 0 Å². The van der Waals surface area contributed by atoms with Gasteiger partial charge in [-0.25, -0.2) is 0 Å². The van der Waals surface area contributed by atoms with E-state index in [9.17, 15) is 0 Å². The maximum absolute atomic E-state index is 6.65. The van der Waals surface area contributed by atoms with Crippen molar-refractivity contribution in [2.24, 2.45) is 64.4 Å². The van der Waals surface area contributed by atoms with Gasteiger partial charge in [-0.05, 0) is 13.8 Å². The minimum Gasteiger partial charge on any atom is -0.454 e. The zero-order valence-corrected chi connectivity index (χ0v) is 19.5. The molecule has 0 saturated carbocycles. The summed E-state index contributed by atoms with van der Waals surface area (Å²) in [7, 11) is 3.04. The van der Waals surface area contributed by atoms with Gasteiger partial charge in [0.15, 0.2) is 11.9 Å². The molecule has 159 valence electrons. The Morgan fingerprint density at radius 3 is 1.43 bits per heavy atom. The predicted molar refractivity (Wildman–Crippen MR) is 114 cm³/mol. The second kappa shape index (κ2) is 22.4. The molecule has 1 radical (unpaired) electrons. The van der Waals surface area contributed by atoms with Crippen LogP contribution in [0.25, 0.3) is 11.5 Å². The Balaban J connectivity index is -0.000000153. The number of hydrogen-bond donors (Lipinski definition) is 7. The number of aliphatic imine (C=N–C) groups is 6. The SMILES string of the molecule is CCN=C(N)N=C([NH-])N.CCN=C(N)NC(N)=NC.CN=C(N)N=C([NH-])N.[Y]. The van der Waals surface area contributed by atoms with Crippen molar-refractivity contribution in [2.45, 2.75) is 13.8 Å². The summed E-state index contributed by atoms with van der Waals surface area (Å²) in [5.41, 5.74) is 43.7. The Morgan fingerprint density at radius 2 is 1.14 bits per heavy atom. The molecule has 0 saturated heterocycles. The molecule has 0 atom stereocenters. The van der Waals surface area contributed by atoms with Gasteiger partial charge < -0.3 is 55.9 Å². The molecule has 0 aliphatic heterocycles. The van der Waals surface area contributed by atoms with Crippen molar-refractivity contribution in [1.82, 2.24) is 5.32 Å². The summed E-state index contributed by atoms with van der Waals surface area (Å²) < 4.78 is 0. The fourth-order valence-corrected chi connectivity index (χ4v) is 0.891.